The summed E-state index contributed by atoms with van der Waals surface area (Å²) in [5.74, 6) is 0. The van der Waals surface area contributed by atoms with Gasteiger partial charge in [0.2, 0.25) is 0 Å². The molecule has 0 aliphatic carbocycles. The molecule has 0 saturated heterocycles. The van der Waals surface area contributed by atoms with Crippen molar-refractivity contribution in [1.82, 2.24) is 0 Å². The fraction of sp³-hybridized carbons (Fsp3) is 0.633. The second kappa shape index (κ2) is 38.8. The van der Waals surface area contributed by atoms with Crippen LogP contribution in [-0.2, 0) is 62.4 Å². The van der Waals surface area contributed by atoms with Crippen molar-refractivity contribution in [2.45, 2.75) is 51.0 Å². The van der Waals surface area contributed by atoms with Gasteiger partial charge in [0.05, 0.1) is 145 Å². The number of unbranched alkanes of at least 4 members (excludes halogenated alkanes) is 5. The van der Waals surface area contributed by atoms with Gasteiger partial charge in [0.25, 0.3) is 0 Å². The van der Waals surface area contributed by atoms with E-state index in [0.717, 1.165) is 29.7 Å². The average Bonchev–Trinajstić information content (AvgIpc) is 3.30. The number of hydrogen-bond donors (Lipinski definition) is 0. The topological polar surface area (TPSA) is 111 Å². The van der Waals surface area contributed by atoms with Gasteiger partial charge in [0.1, 0.15) is 5.60 Å². The molecule has 0 radical (unpaired) electrons. The van der Waals surface area contributed by atoms with Crippen LogP contribution in [0.25, 0.3) is 0 Å². The van der Waals surface area contributed by atoms with Gasteiger partial charge in [0, 0.05) is 6.61 Å². The third-order valence-corrected chi connectivity index (χ3v) is 9.45. The maximum Gasteiger partial charge on any atom is 0.143 e. The molecule has 0 fully saturated rings. The van der Waals surface area contributed by atoms with Crippen LogP contribution in [0.3, 0.4) is 0 Å². The molecule has 0 aromatic heterocycles. The van der Waals surface area contributed by atoms with Crippen LogP contribution in [-0.4, -0.2) is 152 Å². The third kappa shape index (κ3) is 25.8. The van der Waals surface area contributed by atoms with Gasteiger partial charge in [-0.05, 0) is 23.1 Å². The Kier molecular flexibility index (Phi) is 33.4. The molecule has 12 nitrogen and oxygen atoms in total. The van der Waals surface area contributed by atoms with Gasteiger partial charge in [-0.2, -0.15) is 0 Å². The monoisotopic (exact) mass is 857 g/mol. The van der Waals surface area contributed by atoms with Crippen LogP contribution >= 0.6 is 0 Å². The minimum Gasteiger partial charge on any atom is -0.379 e. The van der Waals surface area contributed by atoms with Crippen LogP contribution in [0.1, 0.15) is 62.1 Å². The first kappa shape index (κ1) is 52.5. The van der Waals surface area contributed by atoms with Gasteiger partial charge >= 0.3 is 0 Å². The Labute approximate surface area is 366 Å². The Morgan fingerprint density at radius 3 is 0.770 bits per heavy atom. The lowest BCUT2D eigenvalue weighted by Gasteiger charge is -2.36. The summed E-state index contributed by atoms with van der Waals surface area (Å²) in [7, 11) is 0. The quantitative estimate of drug-likeness (QED) is 0.0414. The zero-order chi connectivity index (χ0) is 42.8. The third-order valence-electron chi connectivity index (χ3n) is 9.45. The predicted molar refractivity (Wildman–Crippen MR) is 238 cm³/mol. The first-order chi connectivity index (χ1) is 30.4. The highest BCUT2D eigenvalue weighted by atomic mass is 16.6. The molecule has 0 atom stereocenters. The van der Waals surface area contributed by atoms with Gasteiger partial charge in [-0.1, -0.05) is 130 Å². The standard InChI is InChI=1S/C49H76O12/c1-2-3-4-5-6-16-23-50-24-25-51-26-27-52-28-29-53-30-31-54-32-33-55-34-35-56-36-37-57-38-39-58-40-41-59-42-43-60-44-45-61-49(46-17-10-7-11-18-46,47-19-12-8-13-20-47)48-21-14-9-15-22-48/h7-15,17-22H,2-6,16,23-45H2,1H3. The predicted octanol–water partition coefficient (Wildman–Crippen LogP) is 7.54. The molecule has 0 amide bonds. The van der Waals surface area contributed by atoms with Crippen molar-refractivity contribution in [1.29, 1.82) is 0 Å². The summed E-state index contributed by atoms with van der Waals surface area (Å²) in [6.45, 7) is 14.4. The van der Waals surface area contributed by atoms with Crippen LogP contribution in [0.5, 0.6) is 0 Å². The van der Waals surface area contributed by atoms with E-state index in [2.05, 4.69) is 43.3 Å². The highest BCUT2D eigenvalue weighted by Crippen LogP contribution is 2.40. The summed E-state index contributed by atoms with van der Waals surface area (Å²) in [5.41, 5.74) is 2.45. The Hall–Kier alpha value is -2.82. The van der Waals surface area contributed by atoms with Crippen LogP contribution in [0.2, 0.25) is 0 Å². The maximum absolute atomic E-state index is 6.74. The molecule has 0 N–H and O–H groups in total. The SMILES string of the molecule is CCCCCCCCOCCOCCOCCOCCOCCOCCOCCOCCOCCOCCOCCOC(c1ccccc1)(c1ccccc1)c1ccccc1. The van der Waals surface area contributed by atoms with Crippen LogP contribution in [0.4, 0.5) is 0 Å². The largest absolute Gasteiger partial charge is 0.379 e. The number of rotatable bonds is 44. The van der Waals surface area contributed by atoms with Gasteiger partial charge in [-0.25, -0.2) is 0 Å². The highest BCUT2D eigenvalue weighted by molar-refractivity contribution is 5.47. The minimum absolute atomic E-state index is 0.416. The molecule has 0 aliphatic heterocycles. The van der Waals surface area contributed by atoms with E-state index in [1.54, 1.807) is 0 Å². The van der Waals surface area contributed by atoms with E-state index in [0.29, 0.717) is 145 Å². The molecule has 3 rings (SSSR count). The summed E-state index contributed by atoms with van der Waals surface area (Å²) >= 11 is 0. The molecule has 0 bridgehead atoms. The van der Waals surface area contributed by atoms with Crippen LogP contribution in [0, 0.1) is 0 Å². The molecule has 3 aromatic carbocycles. The molecule has 0 spiro atoms. The normalized spacial score (nSPS) is 11.8. The van der Waals surface area contributed by atoms with E-state index in [4.69, 9.17) is 56.8 Å². The number of ether oxygens (including phenoxy) is 12. The van der Waals surface area contributed by atoms with E-state index in [9.17, 15) is 0 Å². The van der Waals surface area contributed by atoms with Gasteiger partial charge in [-0.15, -0.1) is 0 Å². The van der Waals surface area contributed by atoms with Gasteiger partial charge < -0.3 is 56.8 Å². The fourth-order valence-electron chi connectivity index (χ4n) is 6.31. The molecular formula is C49H76O12. The molecule has 12 heteroatoms. The first-order valence-electron chi connectivity index (χ1n) is 22.5. The fourth-order valence-corrected chi connectivity index (χ4v) is 6.31. The maximum atomic E-state index is 6.74. The molecule has 0 unspecified atom stereocenters. The summed E-state index contributed by atoms with van der Waals surface area (Å²) in [6, 6.07) is 31.0. The minimum atomic E-state index is -0.752. The Morgan fingerprint density at radius 2 is 0.492 bits per heavy atom. The van der Waals surface area contributed by atoms with Crippen molar-refractivity contribution >= 4 is 0 Å². The van der Waals surface area contributed by atoms with E-state index in [1.807, 2.05) is 54.6 Å². The van der Waals surface area contributed by atoms with E-state index >= 15 is 0 Å². The molecule has 0 aliphatic rings. The number of hydrogen-bond acceptors (Lipinski definition) is 12. The average molecular weight is 857 g/mol. The van der Waals surface area contributed by atoms with Gasteiger partial charge in [-0.3, -0.25) is 0 Å². The van der Waals surface area contributed by atoms with E-state index in [1.165, 1.54) is 32.1 Å². The molecule has 0 saturated carbocycles. The van der Waals surface area contributed by atoms with Crippen molar-refractivity contribution in [2.75, 3.05) is 152 Å². The summed E-state index contributed by atoms with van der Waals surface area (Å²) < 4.78 is 68.2. The summed E-state index contributed by atoms with van der Waals surface area (Å²) in [4.78, 5) is 0. The lowest BCUT2D eigenvalue weighted by Crippen LogP contribution is -2.34. The van der Waals surface area contributed by atoms with Gasteiger partial charge in [0.15, 0.2) is 0 Å². The second-order valence-corrected chi connectivity index (χ2v) is 14.1. The Bertz CT molecular complexity index is 1240. The van der Waals surface area contributed by atoms with Crippen molar-refractivity contribution in [3.05, 3.63) is 108 Å². The van der Waals surface area contributed by atoms with E-state index < -0.39 is 5.60 Å². The summed E-state index contributed by atoms with van der Waals surface area (Å²) in [6.07, 6.45) is 7.67. The molecular weight excluding hydrogens is 781 g/mol. The first-order valence-corrected chi connectivity index (χ1v) is 22.5. The summed E-state index contributed by atoms with van der Waals surface area (Å²) in [5, 5.41) is 0. The smallest absolute Gasteiger partial charge is 0.143 e. The Balaban J connectivity index is 1.00. The molecule has 344 valence electrons. The second-order valence-electron chi connectivity index (χ2n) is 14.1. The van der Waals surface area contributed by atoms with Crippen LogP contribution in [0.15, 0.2) is 91.0 Å². The zero-order valence-corrected chi connectivity index (χ0v) is 37.1. The van der Waals surface area contributed by atoms with Crippen molar-refractivity contribution in [2.24, 2.45) is 0 Å². The van der Waals surface area contributed by atoms with Crippen molar-refractivity contribution in [3.63, 3.8) is 0 Å². The Morgan fingerprint density at radius 1 is 0.262 bits per heavy atom. The zero-order valence-electron chi connectivity index (χ0n) is 37.1. The lowest BCUT2D eigenvalue weighted by atomic mass is 9.80. The molecule has 0 heterocycles. The lowest BCUT2D eigenvalue weighted by molar-refractivity contribution is -0.0399. The molecule has 3 aromatic rings. The van der Waals surface area contributed by atoms with E-state index in [-0.39, 0.29) is 0 Å². The highest BCUT2D eigenvalue weighted by Gasteiger charge is 2.37. The van der Waals surface area contributed by atoms with Crippen LogP contribution < -0.4 is 0 Å². The number of benzene rings is 3. The van der Waals surface area contributed by atoms with Crippen molar-refractivity contribution in [3.8, 4) is 0 Å². The molecule has 61 heavy (non-hydrogen) atoms. The van der Waals surface area contributed by atoms with Crippen molar-refractivity contribution < 1.29 is 56.8 Å².